The molecule has 0 atom stereocenters. The lowest BCUT2D eigenvalue weighted by Crippen LogP contribution is -2.01. The highest BCUT2D eigenvalue weighted by molar-refractivity contribution is 5.61. The molecular weight excluding hydrogens is 236 g/mol. The van der Waals surface area contributed by atoms with E-state index in [0.717, 1.165) is 41.3 Å². The molecule has 0 radical (unpaired) electrons. The number of hydrogen-bond acceptors (Lipinski definition) is 3. The third kappa shape index (κ3) is 3.32. The van der Waals surface area contributed by atoms with Gasteiger partial charge < -0.3 is 10.5 Å². The Bertz CT molecular complexity index is 552. The third-order valence-corrected chi connectivity index (χ3v) is 3.02. The molecule has 2 N–H and O–H groups in total. The first-order chi connectivity index (χ1) is 9.24. The molecule has 2 rings (SSSR count). The Morgan fingerprint density at radius 3 is 2.74 bits per heavy atom. The summed E-state index contributed by atoms with van der Waals surface area (Å²) in [6.45, 7) is 5.35. The molecule has 100 valence electrons. The van der Waals surface area contributed by atoms with Crippen molar-refractivity contribution in [3.8, 4) is 17.0 Å². The van der Waals surface area contributed by atoms with E-state index >= 15 is 0 Å². The lowest BCUT2D eigenvalue weighted by molar-refractivity contribution is 0.317. The molecule has 1 aromatic heterocycles. The summed E-state index contributed by atoms with van der Waals surface area (Å²) in [6, 6.07) is 12.1. The zero-order valence-electron chi connectivity index (χ0n) is 11.5. The highest BCUT2D eigenvalue weighted by Crippen LogP contribution is 2.23. The predicted molar refractivity (Wildman–Crippen MR) is 78.1 cm³/mol. The van der Waals surface area contributed by atoms with Crippen LogP contribution in [0.5, 0.6) is 5.75 Å². The second-order valence-corrected chi connectivity index (χ2v) is 4.52. The number of ether oxygens (including phenoxy) is 1. The van der Waals surface area contributed by atoms with Gasteiger partial charge in [0.05, 0.1) is 12.3 Å². The van der Waals surface area contributed by atoms with Gasteiger partial charge in [-0.2, -0.15) is 0 Å². The van der Waals surface area contributed by atoms with Gasteiger partial charge in [0.15, 0.2) is 0 Å². The molecule has 0 spiro atoms. The lowest BCUT2D eigenvalue weighted by atomic mass is 10.1. The predicted octanol–water partition coefficient (Wildman–Crippen LogP) is 3.30. The molecule has 3 nitrogen and oxygen atoms in total. The number of pyridine rings is 1. The van der Waals surface area contributed by atoms with Crippen LogP contribution in [0.15, 0.2) is 36.4 Å². The van der Waals surface area contributed by atoms with Gasteiger partial charge in [0.2, 0.25) is 0 Å². The van der Waals surface area contributed by atoms with E-state index in [1.165, 1.54) is 0 Å². The first-order valence-electron chi connectivity index (χ1n) is 6.64. The molecule has 0 aliphatic heterocycles. The monoisotopic (exact) mass is 256 g/mol. The Kier molecular flexibility index (Phi) is 4.53. The quantitative estimate of drug-likeness (QED) is 0.892. The van der Waals surface area contributed by atoms with Crippen LogP contribution in [0.25, 0.3) is 11.3 Å². The summed E-state index contributed by atoms with van der Waals surface area (Å²) in [5.74, 6) is 0.890. The van der Waals surface area contributed by atoms with Crippen LogP contribution in [0, 0.1) is 6.92 Å². The van der Waals surface area contributed by atoms with Crippen LogP contribution in [-0.4, -0.2) is 11.6 Å². The fourth-order valence-electron chi connectivity index (χ4n) is 1.93. The van der Waals surface area contributed by atoms with Gasteiger partial charge in [0.25, 0.3) is 0 Å². The highest BCUT2D eigenvalue weighted by atomic mass is 16.5. The molecule has 1 heterocycles. The second-order valence-electron chi connectivity index (χ2n) is 4.52. The maximum Gasteiger partial charge on any atom is 0.119 e. The number of aryl methyl sites for hydroxylation is 1. The van der Waals surface area contributed by atoms with Gasteiger partial charge in [0.1, 0.15) is 5.75 Å². The van der Waals surface area contributed by atoms with Crippen LogP contribution in [-0.2, 0) is 6.54 Å². The SMILES string of the molecule is CCCOc1cccc(-c2ccc(CN)c(C)n2)c1. The average Bonchev–Trinajstić information content (AvgIpc) is 2.45. The minimum atomic E-state index is 0.527. The molecule has 0 saturated heterocycles. The van der Waals surface area contributed by atoms with Gasteiger partial charge in [-0.3, -0.25) is 4.98 Å². The molecule has 0 aliphatic rings. The van der Waals surface area contributed by atoms with Crippen molar-refractivity contribution in [1.29, 1.82) is 0 Å². The minimum absolute atomic E-state index is 0.527. The fraction of sp³-hybridized carbons (Fsp3) is 0.312. The topological polar surface area (TPSA) is 48.1 Å². The van der Waals surface area contributed by atoms with Gasteiger partial charge in [-0.25, -0.2) is 0 Å². The summed E-state index contributed by atoms with van der Waals surface area (Å²) in [5.41, 5.74) is 9.75. The fourth-order valence-corrected chi connectivity index (χ4v) is 1.93. The maximum absolute atomic E-state index is 5.66. The molecule has 1 aromatic carbocycles. The van der Waals surface area contributed by atoms with Gasteiger partial charge in [0, 0.05) is 17.8 Å². The van der Waals surface area contributed by atoms with Crippen molar-refractivity contribution < 1.29 is 4.74 Å². The van der Waals surface area contributed by atoms with E-state index < -0.39 is 0 Å². The van der Waals surface area contributed by atoms with E-state index in [1.807, 2.05) is 43.3 Å². The number of benzene rings is 1. The summed E-state index contributed by atoms with van der Waals surface area (Å²) in [5, 5.41) is 0. The zero-order chi connectivity index (χ0) is 13.7. The van der Waals surface area contributed by atoms with Crippen molar-refractivity contribution >= 4 is 0 Å². The Hall–Kier alpha value is -1.87. The van der Waals surface area contributed by atoms with Crippen molar-refractivity contribution in [3.05, 3.63) is 47.7 Å². The van der Waals surface area contributed by atoms with Crippen LogP contribution >= 0.6 is 0 Å². The van der Waals surface area contributed by atoms with Crippen molar-refractivity contribution in [2.75, 3.05) is 6.61 Å². The van der Waals surface area contributed by atoms with Crippen LogP contribution < -0.4 is 10.5 Å². The summed E-state index contributed by atoms with van der Waals surface area (Å²) in [7, 11) is 0. The minimum Gasteiger partial charge on any atom is -0.494 e. The van der Waals surface area contributed by atoms with E-state index in [1.54, 1.807) is 0 Å². The summed E-state index contributed by atoms with van der Waals surface area (Å²) >= 11 is 0. The molecule has 0 aliphatic carbocycles. The molecule has 0 saturated carbocycles. The molecule has 19 heavy (non-hydrogen) atoms. The molecule has 0 bridgehead atoms. The van der Waals surface area contributed by atoms with Crippen LogP contribution in [0.1, 0.15) is 24.6 Å². The Labute approximate surface area is 114 Å². The number of rotatable bonds is 5. The first kappa shape index (κ1) is 13.6. The van der Waals surface area contributed by atoms with Crippen LogP contribution in [0.4, 0.5) is 0 Å². The van der Waals surface area contributed by atoms with Crippen LogP contribution in [0.2, 0.25) is 0 Å². The normalized spacial score (nSPS) is 10.5. The Balaban J connectivity index is 2.28. The van der Waals surface area contributed by atoms with Crippen molar-refractivity contribution in [2.45, 2.75) is 26.8 Å². The Morgan fingerprint density at radius 2 is 2.05 bits per heavy atom. The number of hydrogen-bond donors (Lipinski definition) is 1. The first-order valence-corrected chi connectivity index (χ1v) is 6.64. The largest absolute Gasteiger partial charge is 0.494 e. The highest BCUT2D eigenvalue weighted by Gasteiger charge is 2.04. The molecular formula is C16H20N2O. The van der Waals surface area contributed by atoms with E-state index in [2.05, 4.69) is 11.9 Å². The van der Waals surface area contributed by atoms with Crippen molar-refractivity contribution in [2.24, 2.45) is 5.73 Å². The van der Waals surface area contributed by atoms with Gasteiger partial charge in [-0.1, -0.05) is 25.1 Å². The third-order valence-electron chi connectivity index (χ3n) is 3.02. The van der Waals surface area contributed by atoms with E-state index in [4.69, 9.17) is 10.5 Å². The molecule has 3 heteroatoms. The zero-order valence-corrected chi connectivity index (χ0v) is 11.5. The average molecular weight is 256 g/mol. The van der Waals surface area contributed by atoms with E-state index in [-0.39, 0.29) is 0 Å². The summed E-state index contributed by atoms with van der Waals surface area (Å²) in [6.07, 6.45) is 1.01. The van der Waals surface area contributed by atoms with Gasteiger partial charge in [-0.05, 0) is 37.1 Å². The molecule has 0 unspecified atom stereocenters. The molecule has 2 aromatic rings. The van der Waals surface area contributed by atoms with Crippen LogP contribution in [0.3, 0.4) is 0 Å². The standard InChI is InChI=1S/C16H20N2O/c1-3-9-19-15-6-4-5-13(10-15)16-8-7-14(11-17)12(2)18-16/h4-8,10H,3,9,11,17H2,1-2H3. The molecule has 0 fully saturated rings. The molecule has 0 amide bonds. The smallest absolute Gasteiger partial charge is 0.119 e. The van der Waals surface area contributed by atoms with Gasteiger partial charge >= 0.3 is 0 Å². The van der Waals surface area contributed by atoms with E-state index in [9.17, 15) is 0 Å². The number of nitrogens with zero attached hydrogens (tertiary/aromatic N) is 1. The lowest BCUT2D eigenvalue weighted by Gasteiger charge is -2.08. The summed E-state index contributed by atoms with van der Waals surface area (Å²) in [4.78, 5) is 4.60. The maximum atomic E-state index is 5.66. The van der Waals surface area contributed by atoms with Crippen molar-refractivity contribution in [1.82, 2.24) is 4.98 Å². The number of nitrogens with two attached hydrogens (primary N) is 1. The summed E-state index contributed by atoms with van der Waals surface area (Å²) < 4.78 is 5.64. The van der Waals surface area contributed by atoms with E-state index in [0.29, 0.717) is 6.54 Å². The van der Waals surface area contributed by atoms with Gasteiger partial charge in [-0.15, -0.1) is 0 Å². The Morgan fingerprint density at radius 1 is 1.21 bits per heavy atom. The number of aromatic nitrogens is 1. The second kappa shape index (κ2) is 6.34. The van der Waals surface area contributed by atoms with Crippen molar-refractivity contribution in [3.63, 3.8) is 0 Å².